The van der Waals surface area contributed by atoms with Gasteiger partial charge in [0.1, 0.15) is 6.29 Å². The van der Waals surface area contributed by atoms with Gasteiger partial charge < -0.3 is 109 Å². The summed E-state index contributed by atoms with van der Waals surface area (Å²) in [5.41, 5.74) is 5.75. The maximum atomic E-state index is 10.3. The molecule has 0 aliphatic rings. The molecule has 0 spiro atoms. The van der Waals surface area contributed by atoms with Crippen LogP contribution in [0, 0.1) is 88.3 Å². The second-order valence-corrected chi connectivity index (χ2v) is 5.83. The topological polar surface area (TPSA) is 849 Å². The Bertz CT molecular complexity index is 1330. The van der Waals surface area contributed by atoms with E-state index in [0.717, 1.165) is 0 Å². The predicted octanol–water partition coefficient (Wildman–Crippen LogP) is -6.18. The van der Waals surface area contributed by atoms with Gasteiger partial charge >= 0.3 is 36.2 Å². The van der Waals surface area contributed by atoms with Crippen molar-refractivity contribution in [3.8, 4) is 0 Å². The van der Waals surface area contributed by atoms with Gasteiger partial charge in [-0.2, -0.15) is 4.91 Å². The molecule has 12 N–H and O–H groups in total. The molecule has 0 fully saturated rings. The van der Waals surface area contributed by atoms with E-state index in [9.17, 15) is 82.9 Å². The van der Waals surface area contributed by atoms with E-state index in [1.807, 2.05) is 15.8 Å². The van der Waals surface area contributed by atoms with E-state index in [0.29, 0.717) is 6.29 Å². The average Bonchev–Trinajstić information content (AvgIpc) is 3.32. The Morgan fingerprint density at radius 3 is 1.03 bits per heavy atom. The quantitative estimate of drug-likeness (QED) is 0.0156. The number of rotatable bonds is 13. The van der Waals surface area contributed by atoms with Crippen molar-refractivity contribution in [1.82, 2.24) is 10.7 Å². The Morgan fingerprint density at radius 1 is 0.645 bits per heavy atom. The summed E-state index contributed by atoms with van der Waals surface area (Å²) in [4.78, 5) is 54.7. The normalized spacial score (nSPS) is 12.2. The lowest BCUT2D eigenvalue weighted by Gasteiger charge is -2.20. The zero-order valence-corrected chi connectivity index (χ0v) is 28.3. The molecule has 62 heavy (non-hydrogen) atoms. The summed E-state index contributed by atoms with van der Waals surface area (Å²) in [5.74, 6) is 0. The van der Waals surface area contributed by atoms with E-state index >= 15 is 0 Å². The van der Waals surface area contributed by atoms with E-state index in [2.05, 4.69) is 5.59 Å². The number of aldehydes is 1. The van der Waals surface area contributed by atoms with Crippen molar-refractivity contribution in [2.45, 2.75) is 19.0 Å². The molecule has 0 aromatic heterocycles. The lowest BCUT2D eigenvalue weighted by Crippen LogP contribution is -2.45. The molecule has 1 unspecified atom stereocenters. The Balaban J connectivity index is -0.0000000438. The second kappa shape index (κ2) is 60.0. The van der Waals surface area contributed by atoms with Crippen LogP contribution in [0.15, 0.2) is 52.8 Å². The highest BCUT2D eigenvalue weighted by molar-refractivity contribution is 5.49. The summed E-state index contributed by atoms with van der Waals surface area (Å²) in [6, 6.07) is 0. The van der Waals surface area contributed by atoms with Crippen LogP contribution in [0.2, 0.25) is 0 Å². The van der Waals surface area contributed by atoms with Crippen LogP contribution in [-0.2, 0) is 24.0 Å². The minimum atomic E-state index is -2.67. The van der Waals surface area contributed by atoms with E-state index in [-0.39, 0.29) is 46.9 Å². The van der Waals surface area contributed by atoms with Crippen molar-refractivity contribution < 1.29 is 124 Å². The van der Waals surface area contributed by atoms with Crippen molar-refractivity contribution >= 4 is 31.9 Å². The molecule has 0 heterocycles. The van der Waals surface area contributed by atoms with E-state index in [1.165, 1.54) is 5.48 Å². The molecular weight excluding hydrogens is 912 g/mol. The first kappa shape index (κ1) is 76.4. The van der Waals surface area contributed by atoms with Crippen LogP contribution in [0.25, 0.3) is 0 Å². The Hall–Kier alpha value is -10.3. The van der Waals surface area contributed by atoms with Crippen molar-refractivity contribution in [2.24, 2.45) is 52.8 Å². The molecule has 0 bridgehead atoms. The fourth-order valence-corrected chi connectivity index (χ4v) is 0.781. The summed E-state index contributed by atoms with van der Waals surface area (Å²) in [6.07, 6.45) is -7.60. The second-order valence-electron chi connectivity index (χ2n) is 5.83. The fraction of sp³-hybridized carbons (Fsp3) is 0.444. The van der Waals surface area contributed by atoms with Gasteiger partial charge in [-0.1, -0.05) is 15.6 Å². The number of carbonyl (C=O) groups is 5. The van der Waals surface area contributed by atoms with Crippen molar-refractivity contribution in [3.05, 3.63) is 82.7 Å². The van der Waals surface area contributed by atoms with E-state index < -0.39 is 63.1 Å². The summed E-state index contributed by atoms with van der Waals surface area (Å²) in [7, 11) is 0. The van der Waals surface area contributed by atoms with Gasteiger partial charge in [-0.15, -0.1) is 4.91 Å². The Labute approximate surface area is 334 Å². The molecule has 0 aliphatic carbocycles. The predicted molar refractivity (Wildman–Crippen MR) is 157 cm³/mol. The van der Waals surface area contributed by atoms with Crippen molar-refractivity contribution in [1.29, 1.82) is 5.59 Å². The molecule has 53 nitrogen and oxygen atoms in total. The molecule has 360 valence electrons. The van der Waals surface area contributed by atoms with Crippen LogP contribution in [-0.4, -0.2) is 153 Å². The standard InChI is InChI=1S/C2H4O2.CH4N6O6.CH4N4O5.CH3N4O5.3CH2N2O3.CH3NO2.HNO.H2O/c3-1-2-4;8-2-5(11)1(6(12)3-9)7(13)4-10;2*6-1(4(9)2-7)5(10)3-8;3*4-1-3(6)2-5;3-1-2-4;1-2;/h1,4H,2H2;1,8-10H;1,6-8H;1,7,10H;1,6H;2*1,5H;1,4H,(H,2,3);1H;1H2/q;;;-1;;;;;;/p-2/b;5-2-,6-3-,7-4-;4-2-,5-3-;4-2-;;3-2-;;;;. The number of nitroso groups, excluding NO2 is 2. The van der Waals surface area contributed by atoms with Crippen LogP contribution >= 0.6 is 0 Å². The zero-order valence-electron chi connectivity index (χ0n) is 31.3. The highest BCUT2D eigenvalue weighted by atomic mass is 16.7. The van der Waals surface area contributed by atoms with Gasteiger partial charge in [-0.25, -0.2) is 19.9 Å². The monoisotopic (exact) mass is 937 g/mol. The van der Waals surface area contributed by atoms with Crippen molar-refractivity contribution in [2.75, 3.05) is 6.61 Å². The summed E-state index contributed by atoms with van der Waals surface area (Å²) >= 11 is 0. The molecule has 0 aromatic carbocycles. The number of aliphatic hydroxyl groups is 2. The number of amides is 4. The van der Waals surface area contributed by atoms with Gasteiger partial charge in [-0.3, -0.25) is 25.5 Å². The number of carbonyl (C=O) groups excluding carboxylic acids is 5. The lowest BCUT2D eigenvalue weighted by atomic mass is 10.9. The third-order valence-electron chi connectivity index (χ3n) is 2.61. The third-order valence-corrected chi connectivity index (χ3v) is 2.61. The number of aliphatic hydroxyl groups excluding tert-OH is 2. The molecule has 0 saturated heterocycles. The SMILES string of the molecule is N=O.O.O=C/[N+]([O-])=N/O.O=CCO.O=CNO.O=C[N+](O)=NO.O=C[N+]([O-])=NO.O=NN(O)C([O-])/[N+]([O-])=N/[O-].[H+].[H+].[H+].[O-]/N=[N+](\[O-])C(/[N+]([O-])=N/[O-])/[N+]([O-])=N/[O-].[O-]/N=[N+](\[O-])C(O)/[N+]([O-])=N/[O-]. The largest absolute Gasteiger partial charge is 1.00 e. The molecule has 53 heteroatoms. The fourth-order valence-electron chi connectivity index (χ4n) is 0.781. The molecule has 0 saturated carbocycles. The third kappa shape index (κ3) is 56.4. The van der Waals surface area contributed by atoms with E-state index in [4.69, 9.17) is 70.3 Å². The smallest absolute Gasteiger partial charge is 0.774 e. The minimum absolute atomic E-state index is 0. The van der Waals surface area contributed by atoms with Gasteiger partial charge in [0.25, 0.3) is 6.35 Å². The molecule has 1 atom stereocenters. The van der Waals surface area contributed by atoms with Gasteiger partial charge in [-0.05, 0) is 31.7 Å². The first-order chi connectivity index (χ1) is 28.6. The van der Waals surface area contributed by atoms with Crippen LogP contribution < -0.4 is 10.6 Å². The van der Waals surface area contributed by atoms with Crippen LogP contribution in [0.5, 0.6) is 0 Å². The molecule has 4 amide bonds. The number of hydrogen-bond donors (Lipinski definition) is 10. The highest BCUT2D eigenvalue weighted by Crippen LogP contribution is 1.97. The minimum Gasteiger partial charge on any atom is -0.774 e. The van der Waals surface area contributed by atoms with Gasteiger partial charge in [0.2, 0.25) is 27.1 Å². The summed E-state index contributed by atoms with van der Waals surface area (Å²) in [5, 5.41) is 222. The Kier molecular flexibility index (Phi) is 73.9. The summed E-state index contributed by atoms with van der Waals surface area (Å²) in [6.45, 7) is -0.361. The summed E-state index contributed by atoms with van der Waals surface area (Å²) < 4.78 is 0. The lowest BCUT2D eigenvalue weighted by molar-refractivity contribution is -0.945. The van der Waals surface area contributed by atoms with Gasteiger partial charge in [0.05, 0.1) is 11.9 Å². The number of nitrogens with one attached hydrogen (secondary N) is 2. The van der Waals surface area contributed by atoms with Crippen molar-refractivity contribution in [3.63, 3.8) is 0 Å². The molecule has 0 radical (unpaired) electrons. The molecular formula is C9H25N22O31-3. The van der Waals surface area contributed by atoms with Crippen LogP contribution in [0.3, 0.4) is 0 Å². The van der Waals surface area contributed by atoms with Crippen LogP contribution in [0.1, 0.15) is 4.28 Å². The average molecular weight is 937 g/mol. The number of nitrogens with zero attached hydrogens (tertiary/aromatic N) is 20. The van der Waals surface area contributed by atoms with Gasteiger partial charge in [0, 0.05) is 34.0 Å². The molecule has 0 rings (SSSR count). The maximum absolute atomic E-state index is 10.3. The van der Waals surface area contributed by atoms with Gasteiger partial charge in [0.15, 0.2) is 0 Å². The maximum Gasteiger partial charge on any atom is 1.00 e. The first-order valence-corrected chi connectivity index (χ1v) is 11.4. The molecule has 0 aromatic rings. The highest BCUT2D eigenvalue weighted by Gasteiger charge is 2.37. The Morgan fingerprint density at radius 2 is 0.919 bits per heavy atom. The molecule has 0 aliphatic heterocycles. The van der Waals surface area contributed by atoms with E-state index in [1.54, 1.807) is 37.0 Å². The van der Waals surface area contributed by atoms with Crippen LogP contribution in [0.4, 0.5) is 0 Å². The number of hydroxylamine groups is 11. The zero-order chi connectivity index (χ0) is 50.5. The number of hydrogen-bond acceptors (Lipinski definition) is 37. The first-order valence-electron chi connectivity index (χ1n) is 11.4.